The Kier molecular flexibility index (Phi) is 4.27. The molecule has 0 amide bonds. The molecule has 104 valence electrons. The van der Waals surface area contributed by atoms with Crippen molar-refractivity contribution in [1.82, 2.24) is 5.01 Å². The minimum absolute atomic E-state index is 0.400. The third kappa shape index (κ3) is 3.17. The first-order chi connectivity index (χ1) is 9.11. The highest BCUT2D eigenvalue weighted by Crippen LogP contribution is 2.24. The smallest absolute Gasteiger partial charge is 0.340 e. The largest absolute Gasteiger partial charge is 0.465 e. The van der Waals surface area contributed by atoms with Gasteiger partial charge in [-0.1, -0.05) is 6.42 Å². The van der Waals surface area contributed by atoms with Gasteiger partial charge in [-0.05, 0) is 37.5 Å². The van der Waals surface area contributed by atoms with Gasteiger partial charge in [0.2, 0.25) is 0 Å². The number of methoxy groups -OCH3 is 1. The molecule has 0 unspecified atom stereocenters. The first-order valence-electron chi connectivity index (χ1n) is 6.62. The van der Waals surface area contributed by atoms with Crippen LogP contribution in [0.5, 0.6) is 0 Å². The van der Waals surface area contributed by atoms with Crippen LogP contribution in [0.1, 0.15) is 35.2 Å². The number of esters is 1. The van der Waals surface area contributed by atoms with Gasteiger partial charge in [0.25, 0.3) is 0 Å². The number of nitrogens with two attached hydrogens (primary N) is 1. The number of anilines is 2. The highest BCUT2D eigenvalue weighted by atomic mass is 16.5. The fourth-order valence-corrected chi connectivity index (χ4v) is 2.33. The van der Waals surface area contributed by atoms with E-state index >= 15 is 0 Å². The Balaban J connectivity index is 2.20. The maximum atomic E-state index is 11.7. The van der Waals surface area contributed by atoms with Gasteiger partial charge in [0.1, 0.15) is 0 Å². The van der Waals surface area contributed by atoms with Crippen LogP contribution in [0, 0.1) is 6.92 Å². The van der Waals surface area contributed by atoms with E-state index < -0.39 is 5.97 Å². The van der Waals surface area contributed by atoms with Crippen molar-refractivity contribution in [3.8, 4) is 0 Å². The zero-order valence-corrected chi connectivity index (χ0v) is 11.5. The fraction of sp³-hybridized carbons (Fsp3) is 0.500. The van der Waals surface area contributed by atoms with Crippen molar-refractivity contribution in [2.45, 2.75) is 26.2 Å². The summed E-state index contributed by atoms with van der Waals surface area (Å²) in [6, 6.07) is 3.71. The number of nitrogen functional groups attached to an aromatic ring is 1. The second-order valence-electron chi connectivity index (χ2n) is 4.91. The van der Waals surface area contributed by atoms with Gasteiger partial charge in [0, 0.05) is 18.8 Å². The Morgan fingerprint density at radius 1 is 1.32 bits per heavy atom. The van der Waals surface area contributed by atoms with E-state index in [-0.39, 0.29) is 0 Å². The van der Waals surface area contributed by atoms with E-state index in [4.69, 9.17) is 10.5 Å². The standard InChI is InChI=1S/C14H21N3O2/c1-10-8-11(16-17-6-4-3-5-7-17)9-12(13(10)15)14(18)19-2/h8-9,16H,3-7,15H2,1-2H3. The zero-order valence-electron chi connectivity index (χ0n) is 11.5. The van der Waals surface area contributed by atoms with E-state index in [0.717, 1.165) is 24.3 Å². The lowest BCUT2D eigenvalue weighted by Gasteiger charge is -2.28. The van der Waals surface area contributed by atoms with Gasteiger partial charge >= 0.3 is 5.97 Å². The second kappa shape index (κ2) is 5.93. The molecular weight excluding hydrogens is 242 g/mol. The molecular formula is C14H21N3O2. The van der Waals surface area contributed by atoms with E-state index in [1.54, 1.807) is 6.07 Å². The molecule has 5 nitrogen and oxygen atoms in total. The molecule has 1 heterocycles. The van der Waals surface area contributed by atoms with Crippen molar-refractivity contribution in [2.75, 3.05) is 31.4 Å². The molecule has 0 spiro atoms. The van der Waals surface area contributed by atoms with Crippen LogP contribution in [-0.4, -0.2) is 31.2 Å². The molecule has 0 atom stereocenters. The van der Waals surface area contributed by atoms with Crippen molar-refractivity contribution < 1.29 is 9.53 Å². The summed E-state index contributed by atoms with van der Waals surface area (Å²) < 4.78 is 4.76. The van der Waals surface area contributed by atoms with Gasteiger partial charge in [0.15, 0.2) is 0 Å². The first-order valence-corrected chi connectivity index (χ1v) is 6.62. The summed E-state index contributed by atoms with van der Waals surface area (Å²) in [4.78, 5) is 11.7. The SMILES string of the molecule is COC(=O)c1cc(NN2CCCCC2)cc(C)c1N. The van der Waals surface area contributed by atoms with Crippen molar-refractivity contribution in [2.24, 2.45) is 0 Å². The Bertz CT molecular complexity index is 468. The van der Waals surface area contributed by atoms with Crippen LogP contribution < -0.4 is 11.2 Å². The molecule has 1 aliphatic heterocycles. The number of hydrogen-bond acceptors (Lipinski definition) is 5. The number of carbonyl (C=O) groups is 1. The molecule has 0 aromatic heterocycles. The molecule has 0 bridgehead atoms. The summed E-state index contributed by atoms with van der Waals surface area (Å²) in [6.45, 7) is 3.94. The lowest BCUT2D eigenvalue weighted by atomic mass is 10.1. The van der Waals surface area contributed by atoms with E-state index in [9.17, 15) is 4.79 Å². The van der Waals surface area contributed by atoms with Crippen LogP contribution in [0.2, 0.25) is 0 Å². The fourth-order valence-electron chi connectivity index (χ4n) is 2.33. The van der Waals surface area contributed by atoms with Gasteiger partial charge in [0.05, 0.1) is 18.4 Å². The molecule has 0 saturated carbocycles. The summed E-state index contributed by atoms with van der Waals surface area (Å²) in [5, 5.41) is 2.18. The Labute approximate surface area is 113 Å². The number of carbonyl (C=O) groups excluding carboxylic acids is 1. The molecule has 2 rings (SSSR count). The van der Waals surface area contributed by atoms with E-state index in [0.29, 0.717) is 11.3 Å². The highest BCUT2D eigenvalue weighted by Gasteiger charge is 2.15. The highest BCUT2D eigenvalue weighted by molar-refractivity contribution is 5.97. The number of nitrogens with zero attached hydrogens (tertiary/aromatic N) is 1. The van der Waals surface area contributed by atoms with Crippen molar-refractivity contribution in [3.63, 3.8) is 0 Å². The molecule has 5 heteroatoms. The molecule has 1 aromatic rings. The minimum atomic E-state index is -0.400. The zero-order chi connectivity index (χ0) is 13.8. The minimum Gasteiger partial charge on any atom is -0.465 e. The van der Waals surface area contributed by atoms with Gasteiger partial charge in [-0.3, -0.25) is 0 Å². The topological polar surface area (TPSA) is 67.6 Å². The molecule has 1 aromatic carbocycles. The van der Waals surface area contributed by atoms with E-state index in [1.165, 1.54) is 26.4 Å². The number of rotatable bonds is 3. The monoisotopic (exact) mass is 263 g/mol. The molecule has 0 radical (unpaired) electrons. The van der Waals surface area contributed by atoms with Crippen LogP contribution in [0.4, 0.5) is 11.4 Å². The van der Waals surface area contributed by atoms with Crippen LogP contribution in [0.15, 0.2) is 12.1 Å². The van der Waals surface area contributed by atoms with Crippen LogP contribution in [0.25, 0.3) is 0 Å². The van der Waals surface area contributed by atoms with Crippen LogP contribution in [0.3, 0.4) is 0 Å². The molecule has 0 aliphatic carbocycles. The molecule has 19 heavy (non-hydrogen) atoms. The average molecular weight is 263 g/mol. The van der Waals surface area contributed by atoms with Gasteiger partial charge in [-0.15, -0.1) is 0 Å². The van der Waals surface area contributed by atoms with Crippen molar-refractivity contribution in [3.05, 3.63) is 23.3 Å². The molecule has 3 N–H and O–H groups in total. The number of ether oxygens (including phenoxy) is 1. The number of hydrogen-bond donors (Lipinski definition) is 2. The number of aryl methyl sites for hydroxylation is 1. The number of piperidine rings is 1. The van der Waals surface area contributed by atoms with E-state index in [1.807, 2.05) is 13.0 Å². The third-order valence-electron chi connectivity index (χ3n) is 3.44. The van der Waals surface area contributed by atoms with Gasteiger partial charge in [-0.25, -0.2) is 9.80 Å². The Morgan fingerprint density at radius 3 is 2.63 bits per heavy atom. The van der Waals surface area contributed by atoms with Gasteiger partial charge in [-0.2, -0.15) is 0 Å². The number of benzene rings is 1. The summed E-state index contributed by atoms with van der Waals surface area (Å²) >= 11 is 0. The summed E-state index contributed by atoms with van der Waals surface area (Å²) in [7, 11) is 1.36. The maximum Gasteiger partial charge on any atom is 0.340 e. The number of nitrogens with one attached hydrogen (secondary N) is 1. The predicted octanol–water partition coefficient (Wildman–Crippen LogP) is 2.18. The third-order valence-corrected chi connectivity index (χ3v) is 3.44. The summed E-state index contributed by atoms with van der Waals surface area (Å²) in [6.07, 6.45) is 3.68. The molecule has 1 aliphatic rings. The van der Waals surface area contributed by atoms with Gasteiger partial charge < -0.3 is 15.9 Å². The molecule has 1 fully saturated rings. The predicted molar refractivity (Wildman–Crippen MR) is 76.0 cm³/mol. The summed E-state index contributed by atoms with van der Waals surface area (Å²) in [5.41, 5.74) is 11.9. The average Bonchev–Trinajstić information content (AvgIpc) is 2.43. The maximum absolute atomic E-state index is 11.7. The van der Waals surface area contributed by atoms with Crippen LogP contribution >= 0.6 is 0 Å². The quantitative estimate of drug-likeness (QED) is 0.646. The Hall–Kier alpha value is -1.75. The lowest BCUT2D eigenvalue weighted by Crippen LogP contribution is -2.34. The molecule has 1 saturated heterocycles. The Morgan fingerprint density at radius 2 is 2.00 bits per heavy atom. The lowest BCUT2D eigenvalue weighted by molar-refractivity contribution is 0.0602. The number of hydrazine groups is 1. The normalized spacial score (nSPS) is 16.1. The summed E-state index contributed by atoms with van der Waals surface area (Å²) in [5.74, 6) is -0.400. The second-order valence-corrected chi connectivity index (χ2v) is 4.91. The first kappa shape index (κ1) is 13.7. The van der Waals surface area contributed by atoms with E-state index in [2.05, 4.69) is 10.4 Å². The van der Waals surface area contributed by atoms with Crippen molar-refractivity contribution >= 4 is 17.3 Å². The van der Waals surface area contributed by atoms with Crippen LogP contribution in [-0.2, 0) is 4.74 Å². The van der Waals surface area contributed by atoms with Crippen molar-refractivity contribution in [1.29, 1.82) is 0 Å².